The van der Waals surface area contributed by atoms with Crippen LogP contribution in [0.5, 0.6) is 0 Å². The normalized spacial score (nSPS) is 10.7. The second-order valence-corrected chi connectivity index (χ2v) is 6.01. The van der Waals surface area contributed by atoms with Crippen molar-refractivity contribution in [2.45, 2.75) is 13.0 Å². The molecule has 0 aromatic heterocycles. The quantitative estimate of drug-likeness (QED) is 0.735. The van der Waals surface area contributed by atoms with E-state index < -0.39 is 0 Å². The molecule has 0 fully saturated rings. The summed E-state index contributed by atoms with van der Waals surface area (Å²) < 4.78 is 14.9. The first kappa shape index (κ1) is 14.7. The van der Waals surface area contributed by atoms with E-state index in [0.717, 1.165) is 34.0 Å². The Hall–Kier alpha value is -0.710. The van der Waals surface area contributed by atoms with Crippen molar-refractivity contribution >= 4 is 31.9 Å². The molecule has 0 bridgehead atoms. The van der Waals surface area contributed by atoms with Crippen molar-refractivity contribution in [1.29, 1.82) is 0 Å². The monoisotopic (exact) mass is 385 g/mol. The summed E-state index contributed by atoms with van der Waals surface area (Å²) in [6.07, 6.45) is 0.901. The van der Waals surface area contributed by atoms with Gasteiger partial charge in [-0.2, -0.15) is 0 Å². The Bertz CT molecular complexity index is 540. The van der Waals surface area contributed by atoms with Gasteiger partial charge < -0.3 is 5.32 Å². The molecule has 0 heterocycles. The van der Waals surface area contributed by atoms with E-state index in [1.165, 1.54) is 17.7 Å². The Labute approximate surface area is 129 Å². The average Bonchev–Trinajstić information content (AvgIpc) is 2.41. The summed E-state index contributed by atoms with van der Waals surface area (Å²) in [7, 11) is 0. The van der Waals surface area contributed by atoms with Crippen molar-refractivity contribution in [2.75, 3.05) is 6.54 Å². The summed E-state index contributed by atoms with van der Waals surface area (Å²) in [5, 5.41) is 3.38. The molecule has 4 heteroatoms. The topological polar surface area (TPSA) is 12.0 Å². The molecule has 0 saturated heterocycles. The highest BCUT2D eigenvalue weighted by molar-refractivity contribution is 9.13. The minimum absolute atomic E-state index is 0.184. The number of nitrogens with one attached hydrogen (secondary N) is 1. The van der Waals surface area contributed by atoms with E-state index in [9.17, 15) is 4.39 Å². The maximum atomic E-state index is 12.7. The molecule has 2 aromatic carbocycles. The van der Waals surface area contributed by atoms with Gasteiger partial charge in [-0.05, 0) is 80.2 Å². The average molecular weight is 387 g/mol. The highest BCUT2D eigenvalue weighted by Gasteiger charge is 1.99. The maximum absolute atomic E-state index is 12.7. The van der Waals surface area contributed by atoms with Crippen LogP contribution in [0.2, 0.25) is 0 Å². The number of rotatable bonds is 5. The van der Waals surface area contributed by atoms with Crippen molar-refractivity contribution in [1.82, 2.24) is 5.32 Å². The van der Waals surface area contributed by atoms with E-state index in [0.29, 0.717) is 0 Å². The molecule has 0 spiro atoms. The first-order chi connectivity index (χ1) is 9.15. The number of hydrogen-bond donors (Lipinski definition) is 1. The summed E-state index contributed by atoms with van der Waals surface area (Å²) in [6, 6.07) is 12.9. The number of benzene rings is 2. The third-order valence-electron chi connectivity index (χ3n) is 2.82. The van der Waals surface area contributed by atoms with Crippen LogP contribution in [0.15, 0.2) is 51.4 Å². The highest BCUT2D eigenvalue weighted by Crippen LogP contribution is 2.23. The molecular weight excluding hydrogens is 373 g/mol. The van der Waals surface area contributed by atoms with Gasteiger partial charge in [-0.1, -0.05) is 18.2 Å². The molecule has 19 heavy (non-hydrogen) atoms. The molecule has 0 aliphatic heterocycles. The van der Waals surface area contributed by atoms with Gasteiger partial charge in [-0.3, -0.25) is 0 Å². The molecule has 0 unspecified atom stereocenters. The molecule has 0 atom stereocenters. The fraction of sp³-hybridized carbons (Fsp3) is 0.200. The summed E-state index contributed by atoms with van der Waals surface area (Å²) >= 11 is 6.94. The molecule has 1 N–H and O–H groups in total. The van der Waals surface area contributed by atoms with Crippen LogP contribution in [0.1, 0.15) is 11.1 Å². The highest BCUT2D eigenvalue weighted by atomic mass is 79.9. The van der Waals surface area contributed by atoms with Crippen LogP contribution in [-0.2, 0) is 13.0 Å². The molecule has 1 nitrogen and oxygen atoms in total. The van der Waals surface area contributed by atoms with Crippen LogP contribution in [0.4, 0.5) is 4.39 Å². The molecule has 100 valence electrons. The molecule has 0 radical (unpaired) electrons. The van der Waals surface area contributed by atoms with E-state index in [-0.39, 0.29) is 5.82 Å². The van der Waals surface area contributed by atoms with Crippen molar-refractivity contribution in [3.05, 3.63) is 68.4 Å². The molecule has 0 aliphatic carbocycles. The number of halogens is 3. The first-order valence-electron chi connectivity index (χ1n) is 6.04. The summed E-state index contributed by atoms with van der Waals surface area (Å²) in [6.45, 7) is 1.70. The fourth-order valence-corrected chi connectivity index (χ4v) is 2.44. The van der Waals surface area contributed by atoms with Gasteiger partial charge in [0.1, 0.15) is 5.82 Å². The largest absolute Gasteiger partial charge is 0.312 e. The van der Waals surface area contributed by atoms with Crippen LogP contribution < -0.4 is 5.32 Å². The van der Waals surface area contributed by atoms with Gasteiger partial charge >= 0.3 is 0 Å². The Morgan fingerprint density at radius 2 is 1.58 bits per heavy atom. The first-order valence-corrected chi connectivity index (χ1v) is 7.63. The van der Waals surface area contributed by atoms with Crippen LogP contribution in [0, 0.1) is 5.82 Å². The zero-order chi connectivity index (χ0) is 13.7. The molecule has 2 rings (SSSR count). The Balaban J connectivity index is 1.77. The van der Waals surface area contributed by atoms with Crippen LogP contribution >= 0.6 is 31.9 Å². The summed E-state index contributed by atoms with van der Waals surface area (Å²) in [4.78, 5) is 0. The molecule has 0 saturated carbocycles. The third-order valence-corrected chi connectivity index (χ3v) is 4.70. The molecule has 0 amide bonds. The van der Waals surface area contributed by atoms with E-state index in [4.69, 9.17) is 0 Å². The van der Waals surface area contributed by atoms with Gasteiger partial charge in [0, 0.05) is 15.5 Å². The SMILES string of the molecule is Fc1ccc(CCNCc2ccc(Br)c(Br)c2)cc1. The van der Waals surface area contributed by atoms with E-state index >= 15 is 0 Å². The second-order valence-electron chi connectivity index (χ2n) is 4.30. The lowest BCUT2D eigenvalue weighted by Crippen LogP contribution is -2.16. The van der Waals surface area contributed by atoms with E-state index in [1.54, 1.807) is 0 Å². The Morgan fingerprint density at radius 3 is 2.26 bits per heavy atom. The Kier molecular flexibility index (Phi) is 5.55. The lowest BCUT2D eigenvalue weighted by atomic mass is 10.1. The molecule has 0 aliphatic rings. The zero-order valence-electron chi connectivity index (χ0n) is 10.3. The smallest absolute Gasteiger partial charge is 0.123 e. The predicted molar refractivity (Wildman–Crippen MR) is 83.7 cm³/mol. The van der Waals surface area contributed by atoms with E-state index in [2.05, 4.69) is 49.3 Å². The van der Waals surface area contributed by atoms with Gasteiger partial charge in [0.25, 0.3) is 0 Å². The summed E-state index contributed by atoms with van der Waals surface area (Å²) in [5.74, 6) is -0.184. The summed E-state index contributed by atoms with van der Waals surface area (Å²) in [5.41, 5.74) is 2.38. The van der Waals surface area contributed by atoms with Crippen molar-refractivity contribution in [3.63, 3.8) is 0 Å². The number of hydrogen-bond acceptors (Lipinski definition) is 1. The van der Waals surface area contributed by atoms with Gasteiger partial charge in [0.05, 0.1) is 0 Å². The van der Waals surface area contributed by atoms with Gasteiger partial charge in [-0.15, -0.1) is 0 Å². The minimum atomic E-state index is -0.184. The predicted octanol–water partition coefficient (Wildman–Crippen LogP) is 4.68. The maximum Gasteiger partial charge on any atom is 0.123 e. The van der Waals surface area contributed by atoms with Crippen molar-refractivity contribution in [3.8, 4) is 0 Å². The van der Waals surface area contributed by atoms with Gasteiger partial charge in [-0.25, -0.2) is 4.39 Å². The zero-order valence-corrected chi connectivity index (χ0v) is 13.5. The molecular formula is C15H14Br2FN. The fourth-order valence-electron chi connectivity index (χ4n) is 1.77. The third kappa shape index (κ3) is 4.71. The lowest BCUT2D eigenvalue weighted by Gasteiger charge is -2.06. The molecule has 2 aromatic rings. The van der Waals surface area contributed by atoms with Gasteiger partial charge in [0.2, 0.25) is 0 Å². The Morgan fingerprint density at radius 1 is 0.895 bits per heavy atom. The standard InChI is InChI=1S/C15H14Br2FN/c16-14-6-3-12(9-15(14)17)10-19-8-7-11-1-4-13(18)5-2-11/h1-6,9,19H,7-8,10H2. The van der Waals surface area contributed by atoms with E-state index in [1.807, 2.05) is 18.2 Å². The van der Waals surface area contributed by atoms with Gasteiger partial charge in [0.15, 0.2) is 0 Å². The van der Waals surface area contributed by atoms with Crippen LogP contribution in [0.3, 0.4) is 0 Å². The minimum Gasteiger partial charge on any atom is -0.312 e. The van der Waals surface area contributed by atoms with Crippen molar-refractivity contribution in [2.24, 2.45) is 0 Å². The van der Waals surface area contributed by atoms with Crippen LogP contribution in [-0.4, -0.2) is 6.54 Å². The van der Waals surface area contributed by atoms with Crippen molar-refractivity contribution < 1.29 is 4.39 Å². The van der Waals surface area contributed by atoms with Crippen LogP contribution in [0.25, 0.3) is 0 Å². The lowest BCUT2D eigenvalue weighted by molar-refractivity contribution is 0.626. The second kappa shape index (κ2) is 7.17.